The van der Waals surface area contributed by atoms with Gasteiger partial charge in [0.2, 0.25) is 0 Å². The predicted octanol–water partition coefficient (Wildman–Crippen LogP) is 5.31. The maximum atomic E-state index is 6.11. The van der Waals surface area contributed by atoms with Crippen LogP contribution in [0, 0.1) is 0 Å². The molecule has 1 N–H and O–H groups in total. The monoisotopic (exact) mass is 391 g/mol. The van der Waals surface area contributed by atoms with Crippen LogP contribution in [0.5, 0.6) is 11.5 Å². The molecule has 2 aromatic carbocycles. The summed E-state index contributed by atoms with van der Waals surface area (Å²) in [6.07, 6.45) is 1.05. The summed E-state index contributed by atoms with van der Waals surface area (Å²) < 4.78 is 12.6. The molecule has 0 heterocycles. The van der Waals surface area contributed by atoms with E-state index in [1.165, 1.54) is 0 Å². The van der Waals surface area contributed by atoms with Gasteiger partial charge in [0, 0.05) is 22.1 Å². The molecule has 0 amide bonds. The van der Waals surface area contributed by atoms with Crippen LogP contribution in [0.1, 0.15) is 38.3 Å². The van der Waals surface area contributed by atoms with Crippen molar-refractivity contribution >= 4 is 15.9 Å². The van der Waals surface area contributed by atoms with Gasteiger partial charge in [0.25, 0.3) is 0 Å². The van der Waals surface area contributed by atoms with Crippen molar-refractivity contribution < 1.29 is 9.47 Å². The molecule has 2 aromatic rings. The van der Waals surface area contributed by atoms with Crippen molar-refractivity contribution in [2.24, 2.45) is 0 Å². The third kappa shape index (κ3) is 5.25. The number of benzene rings is 2. The van der Waals surface area contributed by atoms with Gasteiger partial charge in [-0.25, -0.2) is 0 Å². The number of rotatable bonds is 8. The first-order chi connectivity index (χ1) is 11.4. The fraction of sp³-hybridized carbons (Fsp3) is 0.400. The largest absolute Gasteiger partial charge is 0.493 e. The van der Waals surface area contributed by atoms with Crippen LogP contribution in [0.25, 0.3) is 0 Å². The first kappa shape index (κ1) is 18.8. The van der Waals surface area contributed by atoms with Crippen LogP contribution in [-0.2, 0) is 13.2 Å². The van der Waals surface area contributed by atoms with Gasteiger partial charge in [-0.2, -0.15) is 0 Å². The highest BCUT2D eigenvalue weighted by Crippen LogP contribution is 2.35. The lowest BCUT2D eigenvalue weighted by Gasteiger charge is -2.26. The third-order valence-electron chi connectivity index (χ3n) is 4.18. The van der Waals surface area contributed by atoms with Crippen molar-refractivity contribution in [3.63, 3.8) is 0 Å². The van der Waals surface area contributed by atoms with Gasteiger partial charge in [-0.15, -0.1) is 0 Å². The molecule has 0 fully saturated rings. The molecular weight excluding hydrogens is 366 g/mol. The quantitative estimate of drug-likeness (QED) is 0.660. The Hall–Kier alpha value is -1.52. The molecule has 3 nitrogen and oxygen atoms in total. The summed E-state index contributed by atoms with van der Waals surface area (Å²) in [5, 5.41) is 3.59. The van der Waals surface area contributed by atoms with Gasteiger partial charge >= 0.3 is 0 Å². The lowest BCUT2D eigenvalue weighted by molar-refractivity contribution is 0.278. The van der Waals surface area contributed by atoms with Gasteiger partial charge in [0.05, 0.1) is 7.11 Å². The maximum absolute atomic E-state index is 6.11. The number of halogens is 1. The standard InChI is InChI=1S/C20H26BrNO2/c1-5-20(2,3)22-13-16-11-17(21)12-18(23-4)19(16)24-14-15-9-7-6-8-10-15/h6-12,22H,5,13-14H2,1-4H3. The lowest BCUT2D eigenvalue weighted by Crippen LogP contribution is -2.37. The Labute approximate surface area is 153 Å². The summed E-state index contributed by atoms with van der Waals surface area (Å²) >= 11 is 3.56. The van der Waals surface area contributed by atoms with E-state index >= 15 is 0 Å². The zero-order valence-electron chi connectivity index (χ0n) is 14.9. The van der Waals surface area contributed by atoms with Crippen molar-refractivity contribution in [3.05, 3.63) is 58.1 Å². The maximum Gasteiger partial charge on any atom is 0.166 e. The summed E-state index contributed by atoms with van der Waals surface area (Å²) in [5.41, 5.74) is 2.29. The SMILES string of the molecule is CCC(C)(C)NCc1cc(Br)cc(OC)c1OCc1ccccc1. The molecule has 4 heteroatoms. The third-order valence-corrected chi connectivity index (χ3v) is 4.64. The average Bonchev–Trinajstić information content (AvgIpc) is 2.59. The molecule has 24 heavy (non-hydrogen) atoms. The van der Waals surface area contributed by atoms with Crippen LogP contribution >= 0.6 is 15.9 Å². The van der Waals surface area contributed by atoms with Gasteiger partial charge in [-0.05, 0) is 38.0 Å². The minimum Gasteiger partial charge on any atom is -0.493 e. The Morgan fingerprint density at radius 2 is 1.83 bits per heavy atom. The number of hydrogen-bond acceptors (Lipinski definition) is 3. The smallest absolute Gasteiger partial charge is 0.166 e. The van der Waals surface area contributed by atoms with Crippen molar-refractivity contribution in [1.29, 1.82) is 0 Å². The van der Waals surface area contributed by atoms with Gasteiger partial charge in [-0.3, -0.25) is 0 Å². The van der Waals surface area contributed by atoms with Gasteiger partial charge in [0.15, 0.2) is 11.5 Å². The topological polar surface area (TPSA) is 30.5 Å². The normalized spacial score (nSPS) is 11.4. The summed E-state index contributed by atoms with van der Waals surface area (Å²) in [6.45, 7) is 7.82. The molecule has 0 atom stereocenters. The Morgan fingerprint density at radius 3 is 2.46 bits per heavy atom. The van der Waals surface area contributed by atoms with Gasteiger partial charge in [-0.1, -0.05) is 53.2 Å². The van der Waals surface area contributed by atoms with Gasteiger partial charge in [0.1, 0.15) is 6.61 Å². The highest BCUT2D eigenvalue weighted by molar-refractivity contribution is 9.10. The van der Waals surface area contributed by atoms with E-state index in [0.29, 0.717) is 6.61 Å². The molecule has 0 aliphatic rings. The summed E-state index contributed by atoms with van der Waals surface area (Å²) in [5.74, 6) is 1.54. The summed E-state index contributed by atoms with van der Waals surface area (Å²) in [7, 11) is 1.67. The Morgan fingerprint density at radius 1 is 1.12 bits per heavy atom. The van der Waals surface area contributed by atoms with Gasteiger partial charge < -0.3 is 14.8 Å². The summed E-state index contributed by atoms with van der Waals surface area (Å²) in [4.78, 5) is 0. The zero-order chi connectivity index (χ0) is 17.6. The van der Waals surface area contributed by atoms with E-state index in [9.17, 15) is 0 Å². The number of hydrogen-bond donors (Lipinski definition) is 1. The molecule has 0 radical (unpaired) electrons. The Kier molecular flexibility index (Phi) is 6.69. The van der Waals surface area contributed by atoms with E-state index in [2.05, 4.69) is 60.2 Å². The van der Waals surface area contributed by atoms with Crippen molar-refractivity contribution in [2.45, 2.75) is 45.9 Å². The van der Waals surface area contributed by atoms with Crippen LogP contribution in [0.15, 0.2) is 46.9 Å². The molecule has 130 valence electrons. The summed E-state index contributed by atoms with van der Waals surface area (Å²) in [6, 6.07) is 14.2. The van der Waals surface area contributed by atoms with E-state index in [-0.39, 0.29) is 5.54 Å². The van der Waals surface area contributed by atoms with E-state index < -0.39 is 0 Å². The second-order valence-electron chi connectivity index (χ2n) is 6.46. The first-order valence-corrected chi connectivity index (χ1v) is 9.02. The molecule has 0 unspecified atom stereocenters. The molecule has 2 rings (SSSR count). The van der Waals surface area contributed by atoms with Crippen molar-refractivity contribution in [1.82, 2.24) is 5.32 Å². The number of methoxy groups -OCH3 is 1. The minimum absolute atomic E-state index is 0.0756. The van der Waals surface area contributed by atoms with Crippen LogP contribution in [-0.4, -0.2) is 12.6 Å². The van der Waals surface area contributed by atoms with E-state index in [0.717, 1.165) is 40.1 Å². The van der Waals surface area contributed by atoms with Crippen molar-refractivity contribution in [3.8, 4) is 11.5 Å². The molecule has 0 aliphatic carbocycles. The number of ether oxygens (including phenoxy) is 2. The molecule has 0 aliphatic heterocycles. The van der Waals surface area contributed by atoms with Crippen LogP contribution in [0.4, 0.5) is 0 Å². The Bertz CT molecular complexity index is 656. The van der Waals surface area contributed by atoms with Crippen molar-refractivity contribution in [2.75, 3.05) is 7.11 Å². The van der Waals surface area contributed by atoms with E-state index in [1.54, 1.807) is 7.11 Å². The fourth-order valence-electron chi connectivity index (χ4n) is 2.26. The fourth-order valence-corrected chi connectivity index (χ4v) is 2.74. The Balaban J connectivity index is 2.22. The van der Waals surface area contributed by atoms with Crippen LogP contribution in [0.3, 0.4) is 0 Å². The minimum atomic E-state index is 0.0756. The molecule has 0 bridgehead atoms. The molecule has 0 saturated heterocycles. The van der Waals surface area contributed by atoms with E-state index in [1.807, 2.05) is 24.3 Å². The molecule has 0 aromatic heterocycles. The second kappa shape index (κ2) is 8.54. The predicted molar refractivity (Wildman–Crippen MR) is 103 cm³/mol. The van der Waals surface area contributed by atoms with Crippen LogP contribution in [0.2, 0.25) is 0 Å². The molecule has 0 spiro atoms. The molecule has 0 saturated carbocycles. The zero-order valence-corrected chi connectivity index (χ0v) is 16.4. The van der Waals surface area contributed by atoms with Crippen LogP contribution < -0.4 is 14.8 Å². The second-order valence-corrected chi connectivity index (χ2v) is 7.38. The van der Waals surface area contributed by atoms with E-state index in [4.69, 9.17) is 9.47 Å². The molecular formula is C20H26BrNO2. The highest BCUT2D eigenvalue weighted by Gasteiger charge is 2.18. The lowest BCUT2D eigenvalue weighted by atomic mass is 10.0. The highest BCUT2D eigenvalue weighted by atomic mass is 79.9. The average molecular weight is 392 g/mol. The first-order valence-electron chi connectivity index (χ1n) is 8.23. The number of nitrogens with one attached hydrogen (secondary N) is 1.